The highest BCUT2D eigenvalue weighted by Crippen LogP contribution is 2.27. The molecule has 3 heteroatoms. The quantitative estimate of drug-likeness (QED) is 0.829. The van der Waals surface area contributed by atoms with Crippen molar-refractivity contribution in [2.45, 2.75) is 53.5 Å². The van der Waals surface area contributed by atoms with Gasteiger partial charge in [-0.3, -0.25) is 4.68 Å². The molecule has 0 saturated heterocycles. The number of aryl methyl sites for hydroxylation is 1. The first-order valence-electron chi connectivity index (χ1n) is 5.76. The van der Waals surface area contributed by atoms with Crippen LogP contribution in [0.25, 0.3) is 0 Å². The van der Waals surface area contributed by atoms with E-state index in [2.05, 4.69) is 32.8 Å². The molecule has 0 amide bonds. The average molecular weight is 210 g/mol. The van der Waals surface area contributed by atoms with E-state index in [0.717, 1.165) is 24.2 Å². The van der Waals surface area contributed by atoms with Gasteiger partial charge in [-0.15, -0.1) is 0 Å². The van der Waals surface area contributed by atoms with Gasteiger partial charge in [-0.1, -0.05) is 20.8 Å². The lowest BCUT2D eigenvalue weighted by molar-refractivity contribution is 0.440. The van der Waals surface area contributed by atoms with Gasteiger partial charge in [0.25, 0.3) is 0 Å². The molecule has 15 heavy (non-hydrogen) atoms. The number of nitrogens with zero attached hydrogens (tertiary/aromatic N) is 2. The van der Waals surface area contributed by atoms with Crippen LogP contribution in [0.1, 0.15) is 52.0 Å². The van der Waals surface area contributed by atoms with Crippen molar-refractivity contribution in [3.63, 3.8) is 0 Å². The van der Waals surface area contributed by atoms with Crippen molar-refractivity contribution in [3.8, 4) is 5.75 Å². The first-order valence-corrected chi connectivity index (χ1v) is 5.76. The molecule has 1 aromatic heterocycles. The van der Waals surface area contributed by atoms with Crippen molar-refractivity contribution in [1.82, 2.24) is 9.78 Å². The first-order chi connectivity index (χ1) is 6.97. The second kappa shape index (κ2) is 4.69. The Morgan fingerprint density at radius 3 is 2.27 bits per heavy atom. The Morgan fingerprint density at radius 1 is 1.27 bits per heavy atom. The highest BCUT2D eigenvalue weighted by atomic mass is 16.3. The second-order valence-electron chi connectivity index (χ2n) is 4.73. The fourth-order valence-corrected chi connectivity index (χ4v) is 1.76. The van der Waals surface area contributed by atoms with Crippen LogP contribution in [-0.2, 0) is 12.8 Å². The number of rotatable bonds is 4. The molecule has 0 atom stereocenters. The molecular weight excluding hydrogens is 188 g/mol. The Balaban J connectivity index is 3.13. The molecule has 1 rings (SSSR count). The summed E-state index contributed by atoms with van der Waals surface area (Å²) in [5.41, 5.74) is 1.80. The van der Waals surface area contributed by atoms with E-state index in [1.165, 1.54) is 0 Å². The molecule has 0 unspecified atom stereocenters. The van der Waals surface area contributed by atoms with Crippen molar-refractivity contribution in [2.24, 2.45) is 5.92 Å². The Morgan fingerprint density at radius 2 is 1.87 bits per heavy atom. The molecule has 0 aliphatic rings. The van der Waals surface area contributed by atoms with Crippen LogP contribution in [0.3, 0.4) is 0 Å². The predicted molar refractivity (Wildman–Crippen MR) is 62.2 cm³/mol. The molecule has 0 saturated carbocycles. The molecule has 0 bridgehead atoms. The molecule has 0 fully saturated rings. The number of aromatic nitrogens is 2. The van der Waals surface area contributed by atoms with Gasteiger partial charge in [-0.2, -0.15) is 5.10 Å². The summed E-state index contributed by atoms with van der Waals surface area (Å²) in [6.45, 7) is 10.5. The average Bonchev–Trinajstić information content (AvgIpc) is 2.43. The van der Waals surface area contributed by atoms with E-state index in [-0.39, 0.29) is 0 Å². The van der Waals surface area contributed by atoms with Crippen LogP contribution in [0.2, 0.25) is 0 Å². The Labute approximate surface area is 92.1 Å². The summed E-state index contributed by atoms with van der Waals surface area (Å²) >= 11 is 0. The normalized spacial score (nSPS) is 11.7. The fraction of sp³-hybridized carbons (Fsp3) is 0.750. The number of aromatic hydroxyl groups is 1. The highest BCUT2D eigenvalue weighted by molar-refractivity contribution is 5.33. The smallest absolute Gasteiger partial charge is 0.160 e. The molecule has 1 N–H and O–H groups in total. The standard InChI is InChI=1S/C12H22N2O/c1-6-10-12(15)11(7-8(2)3)14(13-10)9(4)5/h8-9,15H,6-7H2,1-5H3. The van der Waals surface area contributed by atoms with Gasteiger partial charge in [0.1, 0.15) is 5.69 Å². The van der Waals surface area contributed by atoms with Gasteiger partial charge >= 0.3 is 0 Å². The first kappa shape index (κ1) is 12.1. The van der Waals surface area contributed by atoms with Crippen LogP contribution >= 0.6 is 0 Å². The summed E-state index contributed by atoms with van der Waals surface area (Å²) in [7, 11) is 0. The highest BCUT2D eigenvalue weighted by Gasteiger charge is 2.18. The molecule has 0 aliphatic heterocycles. The van der Waals surface area contributed by atoms with E-state index in [1.54, 1.807) is 0 Å². The van der Waals surface area contributed by atoms with Crippen molar-refractivity contribution < 1.29 is 5.11 Å². The van der Waals surface area contributed by atoms with Gasteiger partial charge < -0.3 is 5.11 Å². The fourth-order valence-electron chi connectivity index (χ4n) is 1.76. The molecule has 0 aromatic carbocycles. The zero-order chi connectivity index (χ0) is 11.6. The van der Waals surface area contributed by atoms with Gasteiger partial charge in [-0.25, -0.2) is 0 Å². The molecular formula is C12H22N2O. The third kappa shape index (κ3) is 2.52. The van der Waals surface area contributed by atoms with Gasteiger partial charge in [0.15, 0.2) is 5.75 Å². The SMILES string of the molecule is CCc1nn(C(C)C)c(CC(C)C)c1O. The van der Waals surface area contributed by atoms with Crippen LogP contribution in [0.5, 0.6) is 5.75 Å². The maximum absolute atomic E-state index is 10.0. The summed E-state index contributed by atoms with van der Waals surface area (Å²) in [6, 6.07) is 0.310. The number of hydrogen-bond donors (Lipinski definition) is 1. The van der Waals surface area contributed by atoms with Gasteiger partial charge in [-0.05, 0) is 32.6 Å². The predicted octanol–water partition coefficient (Wildman–Crippen LogP) is 2.93. The van der Waals surface area contributed by atoms with Crippen molar-refractivity contribution >= 4 is 0 Å². The summed E-state index contributed by atoms with van der Waals surface area (Å²) in [4.78, 5) is 0. The van der Waals surface area contributed by atoms with Gasteiger partial charge in [0.2, 0.25) is 0 Å². The van der Waals surface area contributed by atoms with Crippen molar-refractivity contribution in [3.05, 3.63) is 11.4 Å². The van der Waals surface area contributed by atoms with Crippen LogP contribution < -0.4 is 0 Å². The van der Waals surface area contributed by atoms with Crippen LogP contribution in [0.4, 0.5) is 0 Å². The lowest BCUT2D eigenvalue weighted by Gasteiger charge is -2.12. The van der Waals surface area contributed by atoms with E-state index in [0.29, 0.717) is 17.7 Å². The maximum atomic E-state index is 10.0. The summed E-state index contributed by atoms with van der Waals surface area (Å²) in [6.07, 6.45) is 1.67. The third-order valence-corrected chi connectivity index (χ3v) is 2.48. The van der Waals surface area contributed by atoms with Crippen LogP contribution in [-0.4, -0.2) is 14.9 Å². The Bertz CT molecular complexity index is 327. The molecule has 1 aromatic rings. The largest absolute Gasteiger partial charge is 0.504 e. The van der Waals surface area contributed by atoms with Crippen molar-refractivity contribution in [1.29, 1.82) is 0 Å². The zero-order valence-corrected chi connectivity index (χ0v) is 10.4. The minimum Gasteiger partial charge on any atom is -0.504 e. The topological polar surface area (TPSA) is 38.0 Å². The molecule has 3 nitrogen and oxygen atoms in total. The molecule has 0 radical (unpaired) electrons. The monoisotopic (exact) mass is 210 g/mol. The summed E-state index contributed by atoms with van der Waals surface area (Å²) in [5.74, 6) is 0.940. The van der Waals surface area contributed by atoms with E-state index in [4.69, 9.17) is 0 Å². The number of hydrogen-bond acceptors (Lipinski definition) is 2. The van der Waals surface area contributed by atoms with E-state index >= 15 is 0 Å². The van der Waals surface area contributed by atoms with Gasteiger partial charge in [0.05, 0.1) is 5.69 Å². The van der Waals surface area contributed by atoms with E-state index in [9.17, 15) is 5.11 Å². The second-order valence-corrected chi connectivity index (χ2v) is 4.73. The summed E-state index contributed by atoms with van der Waals surface area (Å²) in [5, 5.41) is 14.5. The summed E-state index contributed by atoms with van der Waals surface area (Å²) < 4.78 is 1.95. The zero-order valence-electron chi connectivity index (χ0n) is 10.4. The Hall–Kier alpha value is -0.990. The molecule has 0 spiro atoms. The molecule has 0 aliphatic carbocycles. The lowest BCUT2D eigenvalue weighted by Crippen LogP contribution is -2.09. The van der Waals surface area contributed by atoms with Gasteiger partial charge in [0, 0.05) is 6.04 Å². The van der Waals surface area contributed by atoms with Crippen LogP contribution in [0, 0.1) is 5.92 Å². The Kier molecular flexibility index (Phi) is 3.77. The minimum atomic E-state index is 0.310. The maximum Gasteiger partial charge on any atom is 0.160 e. The minimum absolute atomic E-state index is 0.310. The lowest BCUT2D eigenvalue weighted by atomic mass is 10.1. The van der Waals surface area contributed by atoms with Crippen LogP contribution in [0.15, 0.2) is 0 Å². The van der Waals surface area contributed by atoms with E-state index in [1.807, 2.05) is 11.6 Å². The molecule has 86 valence electrons. The van der Waals surface area contributed by atoms with Crippen molar-refractivity contribution in [2.75, 3.05) is 0 Å². The third-order valence-electron chi connectivity index (χ3n) is 2.48. The van der Waals surface area contributed by atoms with E-state index < -0.39 is 0 Å². The molecule has 1 heterocycles.